The number of amides is 1. The van der Waals surface area contributed by atoms with Gasteiger partial charge in [-0.15, -0.1) is 0 Å². The molecule has 136 valence electrons. The van der Waals surface area contributed by atoms with Gasteiger partial charge in [-0.1, -0.05) is 6.07 Å². The minimum atomic E-state index is -2.72. The van der Waals surface area contributed by atoms with Crippen molar-refractivity contribution in [3.05, 3.63) is 59.8 Å². The maximum atomic E-state index is 12.7. The molecule has 0 aromatic carbocycles. The van der Waals surface area contributed by atoms with Crippen LogP contribution in [0.3, 0.4) is 0 Å². The molecule has 0 atom stereocenters. The molecular weight excluding hydrogens is 342 g/mol. The summed E-state index contributed by atoms with van der Waals surface area (Å²) in [5.74, 6) is -0.549. The number of rotatable bonds is 7. The van der Waals surface area contributed by atoms with Crippen LogP contribution in [0.2, 0.25) is 0 Å². The second kappa shape index (κ2) is 8.01. The van der Waals surface area contributed by atoms with Gasteiger partial charge in [0.15, 0.2) is 0 Å². The van der Waals surface area contributed by atoms with Gasteiger partial charge in [-0.2, -0.15) is 0 Å². The maximum absolute atomic E-state index is 12.7. The zero-order valence-corrected chi connectivity index (χ0v) is 14.2. The van der Waals surface area contributed by atoms with Crippen molar-refractivity contribution >= 4 is 17.2 Å². The van der Waals surface area contributed by atoms with Crippen LogP contribution in [0.25, 0.3) is 5.65 Å². The number of ether oxygens (including phenoxy) is 1. The molecule has 0 bridgehead atoms. The molecule has 0 aliphatic rings. The van der Waals surface area contributed by atoms with Crippen LogP contribution in [0.4, 0.5) is 14.5 Å². The molecule has 0 spiro atoms. The Labute approximate surface area is 148 Å². The number of nitrogens with one attached hydrogen (secondary N) is 1. The lowest BCUT2D eigenvalue weighted by Crippen LogP contribution is -2.14. The predicted octanol–water partition coefficient (Wildman–Crippen LogP) is 3.50. The number of carbonyl (C=O) groups is 1. The first-order valence-corrected chi connectivity index (χ1v) is 8.10. The van der Waals surface area contributed by atoms with Gasteiger partial charge in [-0.25, -0.2) is 18.7 Å². The van der Waals surface area contributed by atoms with Gasteiger partial charge in [0.25, 0.3) is 12.3 Å². The largest absolute Gasteiger partial charge is 0.385 e. The summed E-state index contributed by atoms with van der Waals surface area (Å²) >= 11 is 0. The Morgan fingerprint density at radius 3 is 2.85 bits per heavy atom. The molecule has 3 heterocycles. The minimum absolute atomic E-state index is 0.0613. The van der Waals surface area contributed by atoms with Gasteiger partial charge < -0.3 is 14.5 Å². The zero-order chi connectivity index (χ0) is 18.5. The fourth-order valence-corrected chi connectivity index (χ4v) is 2.53. The van der Waals surface area contributed by atoms with E-state index in [1.807, 2.05) is 6.20 Å². The number of carbonyl (C=O) groups excluding carboxylic acids is 1. The lowest BCUT2D eigenvalue weighted by atomic mass is 10.3. The van der Waals surface area contributed by atoms with Crippen LogP contribution < -0.4 is 5.32 Å². The molecule has 0 fully saturated rings. The second-order valence-corrected chi connectivity index (χ2v) is 5.71. The van der Waals surface area contributed by atoms with Gasteiger partial charge >= 0.3 is 0 Å². The van der Waals surface area contributed by atoms with Crippen molar-refractivity contribution in [1.82, 2.24) is 14.4 Å². The number of nitrogens with zero attached hydrogens (tertiary/aromatic N) is 3. The highest BCUT2D eigenvalue weighted by Crippen LogP contribution is 2.17. The molecule has 1 amide bonds. The number of methoxy groups -OCH3 is 1. The Kier molecular flexibility index (Phi) is 5.52. The van der Waals surface area contributed by atoms with Crippen LogP contribution in [0, 0.1) is 0 Å². The molecular formula is C18H18F2N4O2. The summed E-state index contributed by atoms with van der Waals surface area (Å²) < 4.78 is 32.3. The van der Waals surface area contributed by atoms with Crippen LogP contribution in [0.5, 0.6) is 0 Å². The molecule has 0 radical (unpaired) electrons. The van der Waals surface area contributed by atoms with Crippen molar-refractivity contribution in [2.75, 3.05) is 19.0 Å². The monoisotopic (exact) mass is 360 g/mol. The molecule has 0 saturated carbocycles. The highest BCUT2D eigenvalue weighted by molar-refractivity contribution is 6.02. The third-order valence-corrected chi connectivity index (χ3v) is 3.77. The number of pyridine rings is 2. The smallest absolute Gasteiger partial charge is 0.280 e. The standard InChI is InChI=1S/C18H18F2N4O2/c1-26-9-3-4-12-10-24-11-13(7-8-16(24)21-12)22-18(25)15-6-2-5-14(23-15)17(19)20/h2,5-8,10-11,17H,3-4,9H2,1H3,(H,22,25). The predicted molar refractivity (Wildman–Crippen MR) is 92.5 cm³/mol. The topological polar surface area (TPSA) is 68.5 Å². The Morgan fingerprint density at radius 1 is 1.23 bits per heavy atom. The highest BCUT2D eigenvalue weighted by atomic mass is 19.3. The van der Waals surface area contributed by atoms with Crippen LogP contribution >= 0.6 is 0 Å². The van der Waals surface area contributed by atoms with Gasteiger partial charge in [-0.3, -0.25) is 4.79 Å². The summed E-state index contributed by atoms with van der Waals surface area (Å²) in [6.07, 6.45) is 2.55. The van der Waals surface area contributed by atoms with Gasteiger partial charge in [-0.05, 0) is 37.1 Å². The molecule has 0 saturated heterocycles. The number of halogens is 2. The average molecular weight is 360 g/mol. The third-order valence-electron chi connectivity index (χ3n) is 3.77. The molecule has 8 heteroatoms. The molecule has 0 aliphatic carbocycles. The lowest BCUT2D eigenvalue weighted by Gasteiger charge is -2.06. The number of aryl methyl sites for hydroxylation is 1. The zero-order valence-electron chi connectivity index (χ0n) is 14.2. The van der Waals surface area contributed by atoms with Crippen molar-refractivity contribution in [1.29, 1.82) is 0 Å². The number of hydrogen-bond acceptors (Lipinski definition) is 4. The van der Waals surface area contributed by atoms with E-state index in [0.717, 1.165) is 24.2 Å². The van der Waals surface area contributed by atoms with E-state index in [2.05, 4.69) is 15.3 Å². The average Bonchev–Trinajstić information content (AvgIpc) is 3.04. The van der Waals surface area contributed by atoms with Crippen LogP contribution in [0.1, 0.15) is 34.7 Å². The van der Waals surface area contributed by atoms with Crippen molar-refractivity contribution in [2.45, 2.75) is 19.3 Å². The summed E-state index contributed by atoms with van der Waals surface area (Å²) in [5, 5.41) is 2.66. The maximum Gasteiger partial charge on any atom is 0.280 e. The molecule has 26 heavy (non-hydrogen) atoms. The summed E-state index contributed by atoms with van der Waals surface area (Å²) in [6, 6.07) is 7.44. The normalized spacial score (nSPS) is 11.2. The molecule has 0 aliphatic heterocycles. The Bertz CT molecular complexity index is 911. The van der Waals surface area contributed by atoms with E-state index in [1.54, 1.807) is 29.8 Å². The van der Waals surface area contributed by atoms with E-state index < -0.39 is 18.0 Å². The first kappa shape index (κ1) is 17.9. The van der Waals surface area contributed by atoms with E-state index in [0.29, 0.717) is 12.3 Å². The van der Waals surface area contributed by atoms with Crippen LogP contribution in [-0.4, -0.2) is 34.0 Å². The first-order valence-electron chi connectivity index (χ1n) is 8.10. The summed E-state index contributed by atoms with van der Waals surface area (Å²) in [6.45, 7) is 0.667. The number of alkyl halides is 2. The van der Waals surface area contributed by atoms with E-state index in [1.165, 1.54) is 18.2 Å². The fraction of sp³-hybridized carbons (Fsp3) is 0.278. The molecule has 6 nitrogen and oxygen atoms in total. The van der Waals surface area contributed by atoms with Gasteiger partial charge in [0.1, 0.15) is 17.0 Å². The van der Waals surface area contributed by atoms with Crippen LogP contribution in [-0.2, 0) is 11.2 Å². The Balaban J connectivity index is 1.74. The lowest BCUT2D eigenvalue weighted by molar-refractivity contribution is 0.102. The number of aromatic nitrogens is 3. The SMILES string of the molecule is COCCCc1cn2cc(NC(=O)c3cccc(C(F)F)n3)ccc2n1. The van der Waals surface area contributed by atoms with Gasteiger partial charge in [0, 0.05) is 26.1 Å². The fourth-order valence-electron chi connectivity index (χ4n) is 2.53. The van der Waals surface area contributed by atoms with Gasteiger partial charge in [0.2, 0.25) is 0 Å². The number of anilines is 1. The Hall–Kier alpha value is -2.87. The molecule has 3 rings (SSSR count). The number of fused-ring (bicyclic) bond motifs is 1. The molecule has 1 N–H and O–H groups in total. The van der Waals surface area contributed by atoms with Crippen molar-refractivity contribution in [2.24, 2.45) is 0 Å². The van der Waals surface area contributed by atoms with Crippen molar-refractivity contribution in [3.63, 3.8) is 0 Å². The summed E-state index contributed by atoms with van der Waals surface area (Å²) in [5.41, 5.74) is 1.72. The minimum Gasteiger partial charge on any atom is -0.385 e. The van der Waals surface area contributed by atoms with E-state index >= 15 is 0 Å². The molecule has 3 aromatic heterocycles. The van der Waals surface area contributed by atoms with Crippen LogP contribution in [0.15, 0.2) is 42.7 Å². The number of hydrogen-bond donors (Lipinski definition) is 1. The van der Waals surface area contributed by atoms with Crippen molar-refractivity contribution < 1.29 is 18.3 Å². The molecule has 3 aromatic rings. The van der Waals surface area contributed by atoms with E-state index in [9.17, 15) is 13.6 Å². The quantitative estimate of drug-likeness (QED) is 0.655. The van der Waals surface area contributed by atoms with Gasteiger partial charge in [0.05, 0.1) is 11.4 Å². The summed E-state index contributed by atoms with van der Waals surface area (Å²) in [7, 11) is 1.66. The van der Waals surface area contributed by atoms with E-state index in [-0.39, 0.29) is 5.69 Å². The summed E-state index contributed by atoms with van der Waals surface area (Å²) in [4.78, 5) is 20.4. The molecule has 0 unspecified atom stereocenters. The first-order chi connectivity index (χ1) is 12.6. The third kappa shape index (κ3) is 4.20. The van der Waals surface area contributed by atoms with E-state index in [4.69, 9.17) is 4.74 Å². The highest BCUT2D eigenvalue weighted by Gasteiger charge is 2.13. The van der Waals surface area contributed by atoms with Crippen molar-refractivity contribution in [3.8, 4) is 0 Å². The Morgan fingerprint density at radius 2 is 2.08 bits per heavy atom. The second-order valence-electron chi connectivity index (χ2n) is 5.71. The number of imidazole rings is 1.